The van der Waals surface area contributed by atoms with Gasteiger partial charge in [-0.25, -0.2) is 0 Å². The number of nitrogens with zero attached hydrogens (tertiary/aromatic N) is 1. The van der Waals surface area contributed by atoms with E-state index in [1.807, 2.05) is 0 Å². The number of rotatable bonds is 3. The lowest BCUT2D eigenvalue weighted by Crippen LogP contribution is -2.55. The van der Waals surface area contributed by atoms with Gasteiger partial charge in [0.1, 0.15) is 0 Å². The second kappa shape index (κ2) is 4.79. The van der Waals surface area contributed by atoms with E-state index in [1.165, 1.54) is 51.6 Å². The highest BCUT2D eigenvalue weighted by molar-refractivity contribution is 5.02. The van der Waals surface area contributed by atoms with Crippen LogP contribution in [0, 0.1) is 23.7 Å². The van der Waals surface area contributed by atoms with Gasteiger partial charge in [0.2, 0.25) is 0 Å². The van der Waals surface area contributed by atoms with Crippen LogP contribution in [0.2, 0.25) is 0 Å². The third kappa shape index (κ3) is 2.22. The normalized spacial score (nSPS) is 46.5. The summed E-state index contributed by atoms with van der Waals surface area (Å²) in [7, 11) is 0. The predicted octanol–water partition coefficient (Wildman–Crippen LogP) is 2.87. The fourth-order valence-corrected chi connectivity index (χ4v) is 4.47. The van der Waals surface area contributed by atoms with Crippen molar-refractivity contribution in [2.45, 2.75) is 57.9 Å². The fourth-order valence-electron chi connectivity index (χ4n) is 4.47. The molecule has 1 aliphatic heterocycles. The molecule has 0 bridgehead atoms. The summed E-state index contributed by atoms with van der Waals surface area (Å²) in [6, 6.07) is 0. The highest BCUT2D eigenvalue weighted by Gasteiger charge is 2.46. The van der Waals surface area contributed by atoms with Crippen LogP contribution >= 0.6 is 0 Å². The van der Waals surface area contributed by atoms with Crippen LogP contribution in [0.15, 0.2) is 0 Å². The first-order chi connectivity index (χ1) is 8.64. The first-order valence-corrected chi connectivity index (χ1v) is 8.10. The third-order valence-electron chi connectivity index (χ3n) is 6.19. The van der Waals surface area contributed by atoms with Crippen molar-refractivity contribution in [3.8, 4) is 0 Å². The Hall–Kier alpha value is -0.0800. The molecule has 4 unspecified atom stereocenters. The van der Waals surface area contributed by atoms with Gasteiger partial charge in [-0.2, -0.15) is 0 Å². The lowest BCUT2D eigenvalue weighted by molar-refractivity contribution is 0.0458. The van der Waals surface area contributed by atoms with Crippen LogP contribution in [-0.4, -0.2) is 30.1 Å². The maximum atomic E-state index is 6.25. The summed E-state index contributed by atoms with van der Waals surface area (Å²) in [5, 5.41) is 0. The van der Waals surface area contributed by atoms with Crippen LogP contribution in [0.3, 0.4) is 0 Å². The molecule has 2 aliphatic carbocycles. The number of nitrogens with two attached hydrogens (primary N) is 1. The van der Waals surface area contributed by atoms with E-state index in [4.69, 9.17) is 5.73 Å². The van der Waals surface area contributed by atoms with E-state index in [9.17, 15) is 0 Å². The van der Waals surface area contributed by atoms with Crippen molar-refractivity contribution in [1.29, 1.82) is 0 Å². The second-order valence-corrected chi connectivity index (χ2v) is 7.48. The fraction of sp³-hybridized carbons (Fsp3) is 1.00. The molecule has 2 nitrogen and oxygen atoms in total. The third-order valence-corrected chi connectivity index (χ3v) is 6.19. The van der Waals surface area contributed by atoms with E-state index >= 15 is 0 Å². The van der Waals surface area contributed by atoms with Crippen molar-refractivity contribution < 1.29 is 0 Å². The smallest absolute Gasteiger partial charge is 0.0334 e. The van der Waals surface area contributed by atoms with Crippen molar-refractivity contribution >= 4 is 0 Å². The average Bonchev–Trinajstić information content (AvgIpc) is 3.17. The van der Waals surface area contributed by atoms with Gasteiger partial charge < -0.3 is 5.73 Å². The van der Waals surface area contributed by atoms with Gasteiger partial charge in [-0.05, 0) is 49.4 Å². The summed E-state index contributed by atoms with van der Waals surface area (Å²) in [5.41, 5.74) is 6.62. The molecule has 1 heterocycles. The van der Waals surface area contributed by atoms with Crippen molar-refractivity contribution in [3.63, 3.8) is 0 Å². The molecule has 104 valence electrons. The van der Waals surface area contributed by atoms with E-state index in [0.29, 0.717) is 5.54 Å². The monoisotopic (exact) mass is 250 g/mol. The molecule has 0 aromatic rings. The zero-order valence-electron chi connectivity index (χ0n) is 12.2. The molecular weight excluding hydrogens is 220 g/mol. The molecule has 3 rings (SSSR count). The Morgan fingerprint density at radius 2 is 1.72 bits per heavy atom. The first-order valence-electron chi connectivity index (χ1n) is 8.10. The molecule has 0 aromatic carbocycles. The Bertz CT molecular complexity index is 289. The topological polar surface area (TPSA) is 29.3 Å². The maximum Gasteiger partial charge on any atom is 0.0334 e. The highest BCUT2D eigenvalue weighted by atomic mass is 15.2. The molecule has 2 heteroatoms. The summed E-state index contributed by atoms with van der Waals surface area (Å²) in [5.74, 6) is 3.77. The van der Waals surface area contributed by atoms with Crippen LogP contribution in [0.5, 0.6) is 0 Å². The summed E-state index contributed by atoms with van der Waals surface area (Å²) >= 11 is 0. The zero-order chi connectivity index (χ0) is 12.8. The highest BCUT2D eigenvalue weighted by Crippen LogP contribution is 2.48. The minimum Gasteiger partial charge on any atom is -0.329 e. The van der Waals surface area contributed by atoms with Crippen molar-refractivity contribution in [2.24, 2.45) is 29.4 Å². The van der Waals surface area contributed by atoms with Gasteiger partial charge in [0.15, 0.2) is 0 Å². The molecule has 0 amide bonds. The van der Waals surface area contributed by atoms with Crippen molar-refractivity contribution in [3.05, 3.63) is 0 Å². The molecule has 1 saturated heterocycles. The number of hydrogen-bond donors (Lipinski definition) is 1. The molecule has 0 aromatic heterocycles. The van der Waals surface area contributed by atoms with Crippen LogP contribution in [0.4, 0.5) is 0 Å². The number of hydrogen-bond acceptors (Lipinski definition) is 2. The second-order valence-electron chi connectivity index (χ2n) is 7.48. The van der Waals surface area contributed by atoms with Gasteiger partial charge >= 0.3 is 0 Å². The minimum atomic E-state index is 0.366. The van der Waals surface area contributed by atoms with E-state index in [0.717, 1.165) is 30.2 Å². The Morgan fingerprint density at radius 1 is 1.06 bits per heavy atom. The lowest BCUT2D eigenvalue weighted by Gasteiger charge is -2.47. The van der Waals surface area contributed by atoms with E-state index in [1.54, 1.807) is 0 Å². The van der Waals surface area contributed by atoms with Gasteiger partial charge in [-0.1, -0.05) is 26.7 Å². The lowest BCUT2D eigenvalue weighted by atomic mass is 9.73. The summed E-state index contributed by atoms with van der Waals surface area (Å²) in [6.45, 7) is 8.29. The largest absolute Gasteiger partial charge is 0.329 e. The molecule has 3 aliphatic rings. The van der Waals surface area contributed by atoms with Gasteiger partial charge in [0, 0.05) is 25.2 Å². The standard InChI is InChI=1S/C16H30N2/c1-12-9-18(10-13(12)2)16(11-17)7-3-4-15(8-16)14-5-6-14/h12-15H,3-11,17H2,1-2H3. The molecular formula is C16H30N2. The molecule has 0 radical (unpaired) electrons. The number of likely N-dealkylation sites (tertiary alicyclic amines) is 1. The molecule has 3 fully saturated rings. The van der Waals surface area contributed by atoms with E-state index in [2.05, 4.69) is 18.7 Å². The SMILES string of the molecule is CC1CN(C2(CN)CCCC(C3CC3)C2)CC1C. The quantitative estimate of drug-likeness (QED) is 0.834. The van der Waals surface area contributed by atoms with Crippen LogP contribution in [-0.2, 0) is 0 Å². The van der Waals surface area contributed by atoms with Crippen LogP contribution < -0.4 is 5.73 Å². The van der Waals surface area contributed by atoms with Crippen molar-refractivity contribution in [2.75, 3.05) is 19.6 Å². The van der Waals surface area contributed by atoms with E-state index in [-0.39, 0.29) is 0 Å². The molecule has 4 atom stereocenters. The maximum absolute atomic E-state index is 6.25. The van der Waals surface area contributed by atoms with Gasteiger partial charge in [0.05, 0.1) is 0 Å². The Kier molecular flexibility index (Phi) is 3.44. The molecule has 2 saturated carbocycles. The molecule has 2 N–H and O–H groups in total. The average molecular weight is 250 g/mol. The van der Waals surface area contributed by atoms with Gasteiger partial charge in [-0.15, -0.1) is 0 Å². The minimum absolute atomic E-state index is 0.366. The predicted molar refractivity (Wildman–Crippen MR) is 76.4 cm³/mol. The summed E-state index contributed by atoms with van der Waals surface area (Å²) in [6.07, 6.45) is 8.64. The Balaban J connectivity index is 1.72. The summed E-state index contributed by atoms with van der Waals surface area (Å²) < 4.78 is 0. The van der Waals surface area contributed by atoms with Gasteiger partial charge in [-0.3, -0.25) is 4.90 Å². The van der Waals surface area contributed by atoms with E-state index < -0.39 is 0 Å². The first kappa shape index (κ1) is 12.9. The Morgan fingerprint density at radius 3 is 2.28 bits per heavy atom. The zero-order valence-corrected chi connectivity index (χ0v) is 12.2. The molecule has 0 spiro atoms. The summed E-state index contributed by atoms with van der Waals surface area (Å²) in [4.78, 5) is 2.77. The van der Waals surface area contributed by atoms with Gasteiger partial charge in [0.25, 0.3) is 0 Å². The molecule has 18 heavy (non-hydrogen) atoms. The van der Waals surface area contributed by atoms with Crippen LogP contribution in [0.1, 0.15) is 52.4 Å². The van der Waals surface area contributed by atoms with Crippen LogP contribution in [0.25, 0.3) is 0 Å². The Labute approximate surface area is 112 Å². The van der Waals surface area contributed by atoms with Crippen molar-refractivity contribution in [1.82, 2.24) is 4.90 Å².